The number of para-hydroxylation sites is 1. The SMILES string of the molecule is c1ccc(-c2nc(-c3ccc4ccc5ccc6cccc7c6c5c4c3O7)nc(-c3cc4c5ccccc5oc4c4ccccc34)n2)cc1. The van der Waals surface area contributed by atoms with E-state index in [9.17, 15) is 0 Å². The van der Waals surface area contributed by atoms with E-state index in [0.29, 0.717) is 17.5 Å². The summed E-state index contributed by atoms with van der Waals surface area (Å²) in [6, 6.07) is 47.9. The molecule has 1 aliphatic heterocycles. The number of benzene rings is 8. The van der Waals surface area contributed by atoms with Crippen molar-refractivity contribution >= 4 is 65.0 Å². The molecule has 48 heavy (non-hydrogen) atoms. The van der Waals surface area contributed by atoms with Gasteiger partial charge in [0.05, 0.1) is 5.56 Å². The standard InChI is InChI=1S/C43H23N3O2/c1-2-9-27(10-3-1)41-44-42(31-22-21-26-20-19-25-18-17-24-11-8-16-35-36(24)37(25)38(26)40(31)48-35)46-43(45-41)33-23-32-29-13-6-7-15-34(29)47-39(32)30-14-5-4-12-28(30)33/h1-23H. The predicted molar refractivity (Wildman–Crippen MR) is 194 cm³/mol. The Morgan fingerprint density at radius 1 is 0.417 bits per heavy atom. The minimum Gasteiger partial charge on any atom is -0.455 e. The molecule has 0 saturated heterocycles. The third-order valence-corrected chi connectivity index (χ3v) is 9.67. The first-order chi connectivity index (χ1) is 23.8. The molecule has 1 aliphatic rings. The molecular weight excluding hydrogens is 590 g/mol. The monoisotopic (exact) mass is 613 g/mol. The topological polar surface area (TPSA) is 61.0 Å². The lowest BCUT2D eigenvalue weighted by Gasteiger charge is -2.22. The molecule has 222 valence electrons. The molecule has 2 aromatic heterocycles. The highest BCUT2D eigenvalue weighted by molar-refractivity contribution is 6.26. The molecular formula is C43H23N3O2. The molecule has 10 aromatic rings. The summed E-state index contributed by atoms with van der Waals surface area (Å²) in [5, 5.41) is 11.0. The maximum atomic E-state index is 6.81. The van der Waals surface area contributed by atoms with Crippen LogP contribution in [-0.4, -0.2) is 15.0 Å². The summed E-state index contributed by atoms with van der Waals surface area (Å²) >= 11 is 0. The molecule has 11 rings (SSSR count). The fourth-order valence-electron chi connectivity index (χ4n) is 7.49. The van der Waals surface area contributed by atoms with E-state index in [0.717, 1.165) is 82.4 Å². The predicted octanol–water partition coefficient (Wildman–Crippen LogP) is 11.5. The lowest BCUT2D eigenvalue weighted by Crippen LogP contribution is -2.03. The van der Waals surface area contributed by atoms with Crippen LogP contribution in [-0.2, 0) is 0 Å². The van der Waals surface area contributed by atoms with Gasteiger partial charge in [0.25, 0.3) is 0 Å². The van der Waals surface area contributed by atoms with Crippen LogP contribution in [0, 0.1) is 0 Å². The highest BCUT2D eigenvalue weighted by atomic mass is 16.5. The van der Waals surface area contributed by atoms with Gasteiger partial charge in [0.2, 0.25) is 0 Å². The van der Waals surface area contributed by atoms with Crippen molar-refractivity contribution in [2.75, 3.05) is 0 Å². The van der Waals surface area contributed by atoms with E-state index >= 15 is 0 Å². The third kappa shape index (κ3) is 3.53. The summed E-state index contributed by atoms with van der Waals surface area (Å²) in [5.74, 6) is 3.35. The van der Waals surface area contributed by atoms with E-state index < -0.39 is 0 Å². The van der Waals surface area contributed by atoms with Crippen LogP contribution in [0.1, 0.15) is 0 Å². The fourth-order valence-corrected chi connectivity index (χ4v) is 7.49. The zero-order chi connectivity index (χ0) is 31.3. The van der Waals surface area contributed by atoms with Gasteiger partial charge in [-0.05, 0) is 45.8 Å². The van der Waals surface area contributed by atoms with E-state index in [1.165, 1.54) is 10.8 Å². The van der Waals surface area contributed by atoms with Crippen LogP contribution in [0.3, 0.4) is 0 Å². The van der Waals surface area contributed by atoms with Crippen LogP contribution in [0.25, 0.3) is 99.2 Å². The minimum absolute atomic E-state index is 0.556. The zero-order valence-corrected chi connectivity index (χ0v) is 25.4. The van der Waals surface area contributed by atoms with Gasteiger partial charge in [-0.15, -0.1) is 0 Å². The van der Waals surface area contributed by atoms with Crippen molar-refractivity contribution in [2.45, 2.75) is 0 Å². The molecule has 0 saturated carbocycles. The summed E-state index contributed by atoms with van der Waals surface area (Å²) in [6.07, 6.45) is 0. The molecule has 0 aliphatic carbocycles. The summed E-state index contributed by atoms with van der Waals surface area (Å²) in [5.41, 5.74) is 4.36. The van der Waals surface area contributed by atoms with Crippen molar-refractivity contribution in [1.29, 1.82) is 0 Å². The molecule has 5 heteroatoms. The Morgan fingerprint density at radius 3 is 1.90 bits per heavy atom. The molecule has 0 amide bonds. The van der Waals surface area contributed by atoms with Crippen molar-refractivity contribution < 1.29 is 9.15 Å². The van der Waals surface area contributed by atoms with Crippen LogP contribution in [0.2, 0.25) is 0 Å². The van der Waals surface area contributed by atoms with Crippen LogP contribution in [0.4, 0.5) is 0 Å². The molecule has 5 nitrogen and oxygen atoms in total. The van der Waals surface area contributed by atoms with E-state index in [1.54, 1.807) is 0 Å². The minimum atomic E-state index is 0.556. The molecule has 8 aromatic carbocycles. The van der Waals surface area contributed by atoms with E-state index in [1.807, 2.05) is 72.8 Å². The molecule has 0 unspecified atom stereocenters. The van der Waals surface area contributed by atoms with Crippen molar-refractivity contribution in [3.63, 3.8) is 0 Å². The second kappa shape index (κ2) is 9.47. The lowest BCUT2D eigenvalue weighted by molar-refractivity contribution is 0.494. The Kier molecular flexibility index (Phi) is 5.05. The second-order valence-electron chi connectivity index (χ2n) is 12.3. The van der Waals surface area contributed by atoms with Crippen molar-refractivity contribution in [3.8, 4) is 45.7 Å². The van der Waals surface area contributed by atoms with Gasteiger partial charge >= 0.3 is 0 Å². The fraction of sp³-hybridized carbons (Fsp3) is 0. The van der Waals surface area contributed by atoms with E-state index in [-0.39, 0.29) is 0 Å². The molecule has 0 N–H and O–H groups in total. The van der Waals surface area contributed by atoms with Gasteiger partial charge in [0.15, 0.2) is 17.5 Å². The number of ether oxygens (including phenoxy) is 1. The number of aromatic nitrogens is 3. The first-order valence-corrected chi connectivity index (χ1v) is 16.0. The summed E-state index contributed by atoms with van der Waals surface area (Å²) in [4.78, 5) is 15.5. The Hall–Kier alpha value is -6.59. The Morgan fingerprint density at radius 2 is 1.06 bits per heavy atom. The third-order valence-electron chi connectivity index (χ3n) is 9.67. The van der Waals surface area contributed by atoms with Gasteiger partial charge in [-0.25, -0.2) is 15.0 Å². The Balaban J connectivity index is 1.24. The molecule has 0 fully saturated rings. The van der Waals surface area contributed by atoms with Gasteiger partial charge < -0.3 is 9.15 Å². The van der Waals surface area contributed by atoms with Crippen molar-refractivity contribution in [3.05, 3.63) is 140 Å². The van der Waals surface area contributed by atoms with Gasteiger partial charge in [-0.3, -0.25) is 0 Å². The van der Waals surface area contributed by atoms with Gasteiger partial charge in [0.1, 0.15) is 22.7 Å². The highest BCUT2D eigenvalue weighted by Crippen LogP contribution is 2.50. The number of rotatable bonds is 3. The average molecular weight is 614 g/mol. The molecule has 0 bridgehead atoms. The van der Waals surface area contributed by atoms with Crippen LogP contribution >= 0.6 is 0 Å². The quantitative estimate of drug-likeness (QED) is 0.186. The number of fused-ring (bicyclic) bond motifs is 5. The van der Waals surface area contributed by atoms with E-state index in [2.05, 4.69) is 66.7 Å². The van der Waals surface area contributed by atoms with Gasteiger partial charge in [-0.1, -0.05) is 115 Å². The molecule has 3 heterocycles. The molecule has 0 spiro atoms. The van der Waals surface area contributed by atoms with Crippen molar-refractivity contribution in [2.24, 2.45) is 0 Å². The number of furan rings is 1. The normalized spacial score (nSPS) is 12.3. The van der Waals surface area contributed by atoms with Crippen LogP contribution < -0.4 is 4.74 Å². The maximum absolute atomic E-state index is 6.81. The number of nitrogens with zero attached hydrogens (tertiary/aromatic N) is 3. The average Bonchev–Trinajstić information content (AvgIpc) is 3.53. The molecule has 0 atom stereocenters. The molecule has 0 radical (unpaired) electrons. The first-order valence-electron chi connectivity index (χ1n) is 16.0. The first kappa shape index (κ1) is 25.6. The lowest BCUT2D eigenvalue weighted by atomic mass is 9.92. The van der Waals surface area contributed by atoms with Crippen molar-refractivity contribution in [1.82, 2.24) is 15.0 Å². The van der Waals surface area contributed by atoms with Crippen LogP contribution in [0.5, 0.6) is 11.5 Å². The zero-order valence-electron chi connectivity index (χ0n) is 25.4. The van der Waals surface area contributed by atoms with Crippen LogP contribution in [0.15, 0.2) is 144 Å². The summed E-state index contributed by atoms with van der Waals surface area (Å²) in [6.45, 7) is 0. The number of hydrogen-bond acceptors (Lipinski definition) is 5. The maximum Gasteiger partial charge on any atom is 0.167 e. The van der Waals surface area contributed by atoms with Gasteiger partial charge in [-0.2, -0.15) is 0 Å². The van der Waals surface area contributed by atoms with Gasteiger partial charge in [0, 0.05) is 43.4 Å². The Bertz CT molecular complexity index is 2980. The second-order valence-corrected chi connectivity index (χ2v) is 12.3. The Labute approximate surface area is 273 Å². The van der Waals surface area contributed by atoms with E-state index in [4.69, 9.17) is 24.1 Å². The number of hydrogen-bond donors (Lipinski definition) is 0. The smallest absolute Gasteiger partial charge is 0.167 e. The summed E-state index contributed by atoms with van der Waals surface area (Å²) < 4.78 is 13.2. The summed E-state index contributed by atoms with van der Waals surface area (Å²) in [7, 11) is 0. The largest absolute Gasteiger partial charge is 0.455 e. The highest BCUT2D eigenvalue weighted by Gasteiger charge is 2.25.